The van der Waals surface area contributed by atoms with Crippen LogP contribution in [0.25, 0.3) is 10.9 Å². The van der Waals surface area contributed by atoms with Gasteiger partial charge in [-0.25, -0.2) is 0 Å². The fourth-order valence-corrected chi connectivity index (χ4v) is 5.94. The maximum atomic E-state index is 13.7. The Morgan fingerprint density at radius 1 is 1.00 bits per heavy atom. The Morgan fingerprint density at radius 3 is 2.50 bits per heavy atom. The van der Waals surface area contributed by atoms with Gasteiger partial charge in [0.2, 0.25) is 11.8 Å². The maximum absolute atomic E-state index is 13.7. The fourth-order valence-electron chi connectivity index (χ4n) is 5.94. The average molecular weight is 430 g/mol. The highest BCUT2D eigenvalue weighted by atomic mass is 16.5. The van der Waals surface area contributed by atoms with Crippen LogP contribution < -0.4 is 4.74 Å². The van der Waals surface area contributed by atoms with Gasteiger partial charge in [-0.1, -0.05) is 43.2 Å². The van der Waals surface area contributed by atoms with Crippen LogP contribution in [0, 0.1) is 0 Å². The number of rotatable bonds is 3. The van der Waals surface area contributed by atoms with Gasteiger partial charge < -0.3 is 19.5 Å². The maximum Gasteiger partial charge on any atom is 0.246 e. The highest BCUT2D eigenvalue weighted by Gasteiger charge is 2.49. The Balaban J connectivity index is 1.49. The number of carbonyl (C=O) groups excluding carboxylic acids is 2. The van der Waals surface area contributed by atoms with Crippen molar-refractivity contribution in [1.82, 2.24) is 14.8 Å². The van der Waals surface area contributed by atoms with E-state index in [-0.39, 0.29) is 30.4 Å². The van der Waals surface area contributed by atoms with Crippen LogP contribution in [0.1, 0.15) is 48.5 Å². The molecular formula is C26H27N3O3. The average Bonchev–Trinajstić information content (AvgIpc) is 3.48. The molecule has 3 aliphatic rings. The summed E-state index contributed by atoms with van der Waals surface area (Å²) in [7, 11) is 1.64. The van der Waals surface area contributed by atoms with E-state index in [9.17, 15) is 9.59 Å². The van der Waals surface area contributed by atoms with Gasteiger partial charge in [-0.3, -0.25) is 9.59 Å². The van der Waals surface area contributed by atoms with E-state index in [2.05, 4.69) is 17.1 Å². The number of aromatic amines is 1. The van der Waals surface area contributed by atoms with Crippen molar-refractivity contribution in [2.75, 3.05) is 13.7 Å². The van der Waals surface area contributed by atoms with Crippen LogP contribution in [0.2, 0.25) is 0 Å². The van der Waals surface area contributed by atoms with E-state index in [0.717, 1.165) is 59.2 Å². The first kappa shape index (κ1) is 19.4. The van der Waals surface area contributed by atoms with Crippen LogP contribution >= 0.6 is 0 Å². The van der Waals surface area contributed by atoms with E-state index in [0.29, 0.717) is 6.42 Å². The highest BCUT2D eigenvalue weighted by molar-refractivity contribution is 5.97. The molecule has 164 valence electrons. The third kappa shape index (κ3) is 2.85. The second kappa shape index (κ2) is 7.40. The predicted octanol–water partition coefficient (Wildman–Crippen LogP) is 3.80. The molecular weight excluding hydrogens is 402 g/mol. The largest absolute Gasteiger partial charge is 0.497 e. The number of aromatic nitrogens is 1. The van der Waals surface area contributed by atoms with Crippen molar-refractivity contribution < 1.29 is 14.3 Å². The lowest BCUT2D eigenvalue weighted by atomic mass is 9.86. The number of hydrogen-bond acceptors (Lipinski definition) is 3. The molecule has 1 unspecified atom stereocenters. The molecule has 2 fully saturated rings. The number of nitrogens with zero attached hydrogens (tertiary/aromatic N) is 2. The molecule has 32 heavy (non-hydrogen) atoms. The Kier molecular flexibility index (Phi) is 4.49. The van der Waals surface area contributed by atoms with Crippen molar-refractivity contribution in [2.45, 2.75) is 50.2 Å². The van der Waals surface area contributed by atoms with Gasteiger partial charge in [-0.15, -0.1) is 0 Å². The Labute approximate surface area is 187 Å². The Bertz CT molecular complexity index is 1190. The number of carbonyl (C=O) groups is 2. The van der Waals surface area contributed by atoms with Crippen LogP contribution in [0.5, 0.6) is 5.75 Å². The normalized spacial score (nSPS) is 23.5. The van der Waals surface area contributed by atoms with Crippen molar-refractivity contribution in [3.63, 3.8) is 0 Å². The van der Waals surface area contributed by atoms with E-state index < -0.39 is 6.04 Å². The zero-order chi connectivity index (χ0) is 21.8. The lowest BCUT2D eigenvalue weighted by Crippen LogP contribution is -2.64. The van der Waals surface area contributed by atoms with Crippen LogP contribution in [0.3, 0.4) is 0 Å². The molecule has 2 atom stereocenters. The minimum absolute atomic E-state index is 0.0339. The van der Waals surface area contributed by atoms with Crippen molar-refractivity contribution in [2.24, 2.45) is 0 Å². The molecule has 1 aromatic heterocycles. The number of nitrogens with one attached hydrogen (secondary N) is 1. The third-order valence-electron chi connectivity index (χ3n) is 7.49. The summed E-state index contributed by atoms with van der Waals surface area (Å²) in [4.78, 5) is 34.6. The summed E-state index contributed by atoms with van der Waals surface area (Å²) in [6.07, 6.45) is 4.84. The summed E-state index contributed by atoms with van der Waals surface area (Å²) in [6, 6.07) is 15.5. The van der Waals surface area contributed by atoms with Crippen LogP contribution in [-0.4, -0.2) is 52.3 Å². The number of amides is 2. The van der Waals surface area contributed by atoms with Gasteiger partial charge in [0.25, 0.3) is 0 Å². The summed E-state index contributed by atoms with van der Waals surface area (Å²) in [5.74, 6) is 0.906. The molecule has 1 N–H and O–H groups in total. The van der Waals surface area contributed by atoms with E-state index >= 15 is 0 Å². The standard InChI is InChI=1S/C26H27N3O3/c1-32-18-12-10-16(11-13-18)25-24-20(19-8-4-5-9-21(19)27-24)14-22-26(31)28(15-23(30)29(22)25)17-6-2-3-7-17/h4-5,8-13,17,22,25,27H,2-3,6-7,14-15H2,1H3/t22-,25?/m0/s1. The fraction of sp³-hybridized carbons (Fsp3) is 0.385. The first-order valence-electron chi connectivity index (χ1n) is 11.5. The number of fused-ring (bicyclic) bond motifs is 4. The highest BCUT2D eigenvalue weighted by Crippen LogP contribution is 2.43. The lowest BCUT2D eigenvalue weighted by molar-refractivity contribution is -0.160. The molecule has 1 aliphatic carbocycles. The first-order valence-corrected chi connectivity index (χ1v) is 11.5. The summed E-state index contributed by atoms with van der Waals surface area (Å²) in [5, 5.41) is 1.14. The zero-order valence-corrected chi connectivity index (χ0v) is 18.2. The Hall–Kier alpha value is -3.28. The number of piperazine rings is 1. The van der Waals surface area contributed by atoms with Gasteiger partial charge in [-0.05, 0) is 42.2 Å². The molecule has 0 radical (unpaired) electrons. The second-order valence-corrected chi connectivity index (χ2v) is 9.16. The van der Waals surface area contributed by atoms with Gasteiger partial charge in [0, 0.05) is 29.1 Å². The summed E-state index contributed by atoms with van der Waals surface area (Å²) < 4.78 is 5.34. The van der Waals surface area contributed by atoms with Crippen molar-refractivity contribution >= 4 is 22.7 Å². The van der Waals surface area contributed by atoms with Crippen LogP contribution in [0.15, 0.2) is 48.5 Å². The SMILES string of the molecule is COc1ccc(C2c3[nH]c4ccccc4c3C[C@H]3C(=O)N(C4CCCC4)CC(=O)N23)cc1. The molecule has 1 saturated heterocycles. The molecule has 6 heteroatoms. The summed E-state index contributed by atoms with van der Waals surface area (Å²) in [5.41, 5.74) is 4.20. The lowest BCUT2D eigenvalue weighted by Gasteiger charge is -2.48. The molecule has 6 rings (SSSR count). The topological polar surface area (TPSA) is 65.6 Å². The minimum atomic E-state index is -0.462. The third-order valence-corrected chi connectivity index (χ3v) is 7.49. The molecule has 3 heterocycles. The molecule has 0 bridgehead atoms. The van der Waals surface area contributed by atoms with E-state index in [1.807, 2.05) is 46.2 Å². The Morgan fingerprint density at radius 2 is 1.75 bits per heavy atom. The van der Waals surface area contributed by atoms with Crippen molar-refractivity contribution in [3.8, 4) is 5.75 Å². The smallest absolute Gasteiger partial charge is 0.246 e. The number of H-pyrrole nitrogens is 1. The number of hydrogen-bond donors (Lipinski definition) is 1. The number of benzene rings is 2. The molecule has 2 amide bonds. The molecule has 6 nitrogen and oxygen atoms in total. The molecule has 2 aliphatic heterocycles. The van der Waals surface area contributed by atoms with E-state index in [1.54, 1.807) is 7.11 Å². The predicted molar refractivity (Wildman–Crippen MR) is 121 cm³/mol. The number of methoxy groups -OCH3 is 1. The zero-order valence-electron chi connectivity index (χ0n) is 18.2. The van der Waals surface area contributed by atoms with Gasteiger partial charge in [0.05, 0.1) is 13.2 Å². The van der Waals surface area contributed by atoms with Gasteiger partial charge >= 0.3 is 0 Å². The second-order valence-electron chi connectivity index (χ2n) is 9.16. The van der Waals surface area contributed by atoms with Gasteiger partial charge in [0.15, 0.2) is 0 Å². The molecule has 2 aromatic carbocycles. The van der Waals surface area contributed by atoms with E-state index in [1.165, 1.54) is 0 Å². The molecule has 0 spiro atoms. The quantitative estimate of drug-likeness (QED) is 0.689. The van der Waals surface area contributed by atoms with E-state index in [4.69, 9.17) is 4.74 Å². The molecule has 3 aromatic rings. The first-order chi connectivity index (χ1) is 15.7. The van der Waals surface area contributed by atoms with Crippen molar-refractivity contribution in [3.05, 3.63) is 65.4 Å². The summed E-state index contributed by atoms with van der Waals surface area (Å²) in [6.45, 7) is 0.183. The van der Waals surface area contributed by atoms with Crippen molar-refractivity contribution in [1.29, 1.82) is 0 Å². The van der Waals surface area contributed by atoms with Crippen LogP contribution in [-0.2, 0) is 16.0 Å². The number of ether oxygens (including phenoxy) is 1. The van der Waals surface area contributed by atoms with Crippen LogP contribution in [0.4, 0.5) is 0 Å². The van der Waals surface area contributed by atoms with Gasteiger partial charge in [0.1, 0.15) is 18.3 Å². The molecule has 1 saturated carbocycles. The summed E-state index contributed by atoms with van der Waals surface area (Å²) >= 11 is 0. The van der Waals surface area contributed by atoms with Gasteiger partial charge in [-0.2, -0.15) is 0 Å². The minimum Gasteiger partial charge on any atom is -0.497 e. The number of para-hydroxylation sites is 1. The monoisotopic (exact) mass is 429 g/mol.